The summed E-state index contributed by atoms with van der Waals surface area (Å²) in [6.07, 6.45) is 1.97. The Balaban J connectivity index is 1.76. The Labute approximate surface area is 135 Å². The molecule has 1 atom stereocenters. The van der Waals surface area contributed by atoms with E-state index in [0.29, 0.717) is 26.3 Å². The van der Waals surface area contributed by atoms with E-state index in [1.807, 2.05) is 21.4 Å². The van der Waals surface area contributed by atoms with Gasteiger partial charge in [-0.1, -0.05) is 18.7 Å². The molecular formula is C14H23N5O2S. The number of carbonyl (C=O) groups is 1. The van der Waals surface area contributed by atoms with Gasteiger partial charge in [-0.05, 0) is 18.6 Å². The average molecular weight is 325 g/mol. The van der Waals surface area contributed by atoms with Gasteiger partial charge in [-0.15, -0.1) is 10.2 Å². The first-order valence-electron chi connectivity index (χ1n) is 7.87. The normalized spacial score (nSPS) is 22.4. The summed E-state index contributed by atoms with van der Waals surface area (Å²) in [5.41, 5.74) is 0. The molecule has 7 nitrogen and oxygen atoms in total. The van der Waals surface area contributed by atoms with Crippen molar-refractivity contribution in [3.05, 3.63) is 5.82 Å². The first-order valence-corrected chi connectivity index (χ1v) is 8.86. The first kappa shape index (κ1) is 15.6. The predicted molar refractivity (Wildman–Crippen MR) is 83.9 cm³/mol. The predicted octanol–water partition coefficient (Wildman–Crippen LogP) is 1.52. The molecule has 8 heteroatoms. The van der Waals surface area contributed by atoms with Crippen molar-refractivity contribution < 1.29 is 9.53 Å². The lowest BCUT2D eigenvalue weighted by atomic mass is 10.2. The lowest BCUT2D eigenvalue weighted by Crippen LogP contribution is -2.48. The Morgan fingerprint density at radius 3 is 2.82 bits per heavy atom. The fourth-order valence-electron chi connectivity index (χ4n) is 3.07. The number of hydrogen-bond donors (Lipinski definition) is 0. The molecule has 0 aliphatic carbocycles. The lowest BCUT2D eigenvalue weighted by Gasteiger charge is -2.33. The summed E-state index contributed by atoms with van der Waals surface area (Å²) in [7, 11) is 1.99. The largest absolute Gasteiger partial charge is 0.378 e. The van der Waals surface area contributed by atoms with Crippen molar-refractivity contribution in [1.29, 1.82) is 0 Å². The molecule has 0 spiro atoms. The fraction of sp³-hybridized carbons (Fsp3) is 0.786. The summed E-state index contributed by atoms with van der Waals surface area (Å²) in [4.78, 5) is 16.6. The number of nitrogens with zero attached hydrogens (tertiary/aromatic N) is 5. The fourth-order valence-corrected chi connectivity index (χ4v) is 3.72. The molecule has 1 aromatic heterocycles. The summed E-state index contributed by atoms with van der Waals surface area (Å²) < 4.78 is 7.36. The highest BCUT2D eigenvalue weighted by Crippen LogP contribution is 2.33. The quantitative estimate of drug-likeness (QED) is 0.789. The maximum atomic E-state index is 12.8. The van der Waals surface area contributed by atoms with E-state index in [1.165, 1.54) is 0 Å². The summed E-state index contributed by atoms with van der Waals surface area (Å²) in [6.45, 7) is 5.51. The number of aromatic nitrogens is 3. The summed E-state index contributed by atoms with van der Waals surface area (Å²) in [5, 5.41) is 9.53. The standard InChI is InChI=1S/C14H23N5O2S/c1-3-22-13-16-15-12(17(13)2)11-5-4-6-19(11)14(20)18-7-9-21-10-8-18/h11H,3-10H2,1-2H3. The molecule has 2 saturated heterocycles. The second-order valence-electron chi connectivity index (χ2n) is 5.57. The van der Waals surface area contributed by atoms with Crippen LogP contribution in [0.2, 0.25) is 0 Å². The van der Waals surface area contributed by atoms with E-state index in [9.17, 15) is 4.79 Å². The monoisotopic (exact) mass is 325 g/mol. The van der Waals surface area contributed by atoms with Gasteiger partial charge in [0.1, 0.15) is 0 Å². The Morgan fingerprint density at radius 1 is 1.32 bits per heavy atom. The minimum Gasteiger partial charge on any atom is -0.378 e. The summed E-state index contributed by atoms with van der Waals surface area (Å²) in [5.74, 6) is 1.86. The van der Waals surface area contributed by atoms with E-state index in [1.54, 1.807) is 11.8 Å². The lowest BCUT2D eigenvalue weighted by molar-refractivity contribution is 0.0417. The second kappa shape index (κ2) is 6.87. The molecule has 3 rings (SSSR count). The third-order valence-electron chi connectivity index (χ3n) is 4.22. The molecule has 22 heavy (non-hydrogen) atoms. The zero-order valence-corrected chi connectivity index (χ0v) is 14.0. The molecule has 0 saturated carbocycles. The Bertz CT molecular complexity index is 529. The molecule has 0 bridgehead atoms. The van der Waals surface area contributed by atoms with E-state index < -0.39 is 0 Å². The highest BCUT2D eigenvalue weighted by molar-refractivity contribution is 7.99. The first-order chi connectivity index (χ1) is 10.7. The number of urea groups is 1. The van der Waals surface area contributed by atoms with Gasteiger partial charge >= 0.3 is 6.03 Å². The molecule has 1 aromatic rings. The molecule has 0 aromatic carbocycles. The smallest absolute Gasteiger partial charge is 0.320 e. The van der Waals surface area contributed by atoms with Gasteiger partial charge in [-0.3, -0.25) is 0 Å². The van der Waals surface area contributed by atoms with Crippen molar-refractivity contribution in [3.63, 3.8) is 0 Å². The number of ether oxygens (including phenoxy) is 1. The number of amides is 2. The van der Waals surface area contributed by atoms with Crippen LogP contribution in [-0.2, 0) is 11.8 Å². The van der Waals surface area contributed by atoms with Crippen LogP contribution in [0.1, 0.15) is 31.6 Å². The highest BCUT2D eigenvalue weighted by Gasteiger charge is 2.36. The van der Waals surface area contributed by atoms with E-state index in [0.717, 1.165) is 36.1 Å². The molecule has 3 heterocycles. The minimum absolute atomic E-state index is 0.0408. The van der Waals surface area contributed by atoms with E-state index in [4.69, 9.17) is 4.74 Å². The zero-order valence-electron chi connectivity index (χ0n) is 13.2. The summed E-state index contributed by atoms with van der Waals surface area (Å²) >= 11 is 1.68. The Morgan fingerprint density at radius 2 is 2.09 bits per heavy atom. The third-order valence-corrected chi connectivity index (χ3v) is 5.12. The van der Waals surface area contributed by atoms with Crippen LogP contribution in [0, 0.1) is 0 Å². The van der Waals surface area contributed by atoms with Crippen LogP contribution in [-0.4, -0.2) is 69.2 Å². The van der Waals surface area contributed by atoms with Gasteiger partial charge in [0.25, 0.3) is 0 Å². The van der Waals surface area contributed by atoms with E-state index >= 15 is 0 Å². The number of thioether (sulfide) groups is 1. The van der Waals surface area contributed by atoms with Gasteiger partial charge in [0.15, 0.2) is 11.0 Å². The molecule has 2 aliphatic rings. The Kier molecular flexibility index (Phi) is 4.87. The SMILES string of the molecule is CCSc1nnc(C2CCCN2C(=O)N2CCOCC2)n1C. The molecule has 1 unspecified atom stereocenters. The zero-order chi connectivity index (χ0) is 15.5. The van der Waals surface area contributed by atoms with Gasteiger partial charge in [0, 0.05) is 26.7 Å². The van der Waals surface area contributed by atoms with Crippen LogP contribution in [0.3, 0.4) is 0 Å². The molecule has 0 radical (unpaired) electrons. The number of hydrogen-bond acceptors (Lipinski definition) is 5. The molecule has 2 amide bonds. The van der Waals surface area contributed by atoms with Gasteiger partial charge in [0.05, 0.1) is 19.3 Å². The molecule has 0 N–H and O–H groups in total. The Hall–Kier alpha value is -1.28. The van der Waals surface area contributed by atoms with Crippen LogP contribution < -0.4 is 0 Å². The van der Waals surface area contributed by atoms with Gasteiger partial charge in [-0.2, -0.15) is 0 Å². The number of carbonyl (C=O) groups excluding carboxylic acids is 1. The van der Waals surface area contributed by atoms with Crippen molar-refractivity contribution in [1.82, 2.24) is 24.6 Å². The maximum Gasteiger partial charge on any atom is 0.320 e. The van der Waals surface area contributed by atoms with Crippen molar-refractivity contribution in [2.75, 3.05) is 38.6 Å². The summed E-state index contributed by atoms with van der Waals surface area (Å²) in [6, 6.07) is 0.151. The molecule has 2 aliphatic heterocycles. The van der Waals surface area contributed by atoms with Gasteiger partial charge in [0.2, 0.25) is 0 Å². The van der Waals surface area contributed by atoms with E-state index in [-0.39, 0.29) is 12.1 Å². The molecule has 122 valence electrons. The number of rotatable bonds is 3. The van der Waals surface area contributed by atoms with Crippen LogP contribution in [0.15, 0.2) is 5.16 Å². The maximum absolute atomic E-state index is 12.8. The highest BCUT2D eigenvalue weighted by atomic mass is 32.2. The van der Waals surface area contributed by atoms with Crippen LogP contribution >= 0.6 is 11.8 Å². The van der Waals surface area contributed by atoms with Crippen LogP contribution in [0.5, 0.6) is 0 Å². The third kappa shape index (κ3) is 2.94. The average Bonchev–Trinajstić information content (AvgIpc) is 3.15. The van der Waals surface area contributed by atoms with Gasteiger partial charge in [-0.25, -0.2) is 4.79 Å². The second-order valence-corrected chi connectivity index (χ2v) is 6.80. The topological polar surface area (TPSA) is 63.5 Å². The van der Waals surface area contributed by atoms with Crippen molar-refractivity contribution >= 4 is 17.8 Å². The minimum atomic E-state index is 0.0408. The van der Waals surface area contributed by atoms with E-state index in [2.05, 4.69) is 17.1 Å². The van der Waals surface area contributed by atoms with Crippen LogP contribution in [0.25, 0.3) is 0 Å². The van der Waals surface area contributed by atoms with Gasteiger partial charge < -0.3 is 19.1 Å². The van der Waals surface area contributed by atoms with Crippen molar-refractivity contribution in [3.8, 4) is 0 Å². The number of morpholine rings is 1. The van der Waals surface area contributed by atoms with Crippen molar-refractivity contribution in [2.24, 2.45) is 7.05 Å². The molecule has 2 fully saturated rings. The van der Waals surface area contributed by atoms with Crippen LogP contribution in [0.4, 0.5) is 4.79 Å². The van der Waals surface area contributed by atoms with Crippen molar-refractivity contribution in [2.45, 2.75) is 31.0 Å². The number of likely N-dealkylation sites (tertiary alicyclic amines) is 1. The molecular weight excluding hydrogens is 302 g/mol.